The summed E-state index contributed by atoms with van der Waals surface area (Å²) >= 11 is 3.29. The Kier molecular flexibility index (Phi) is 5.56. The molecule has 1 N–H and O–H groups in total. The monoisotopic (exact) mass is 367 g/mol. The third kappa shape index (κ3) is 4.95. The van der Waals surface area contributed by atoms with Gasteiger partial charge in [-0.25, -0.2) is 13.1 Å². The van der Waals surface area contributed by atoms with Crippen LogP contribution in [0.3, 0.4) is 0 Å². The Morgan fingerprint density at radius 3 is 2.48 bits per heavy atom. The lowest BCUT2D eigenvalue weighted by atomic mass is 10.1. The summed E-state index contributed by atoms with van der Waals surface area (Å²) in [5.41, 5.74) is 1.21. The molecular formula is C16H18BrNO2S. The van der Waals surface area contributed by atoms with Crippen molar-refractivity contribution in [2.45, 2.75) is 30.7 Å². The van der Waals surface area contributed by atoms with Gasteiger partial charge < -0.3 is 0 Å². The van der Waals surface area contributed by atoms with Crippen molar-refractivity contribution >= 4 is 26.0 Å². The van der Waals surface area contributed by atoms with Gasteiger partial charge in [-0.15, -0.1) is 0 Å². The summed E-state index contributed by atoms with van der Waals surface area (Å²) in [7, 11) is -3.47. The van der Waals surface area contributed by atoms with Gasteiger partial charge in [0.05, 0.1) is 4.90 Å². The van der Waals surface area contributed by atoms with Gasteiger partial charge in [0.2, 0.25) is 10.0 Å². The Morgan fingerprint density at radius 1 is 1.10 bits per heavy atom. The highest BCUT2D eigenvalue weighted by Crippen LogP contribution is 2.16. The first-order valence-corrected chi connectivity index (χ1v) is 9.07. The van der Waals surface area contributed by atoms with Crippen LogP contribution in [0.25, 0.3) is 0 Å². The average Bonchev–Trinajstić information content (AvgIpc) is 2.46. The van der Waals surface area contributed by atoms with Gasteiger partial charge in [-0.1, -0.05) is 52.3 Å². The summed E-state index contributed by atoms with van der Waals surface area (Å²) < 4.78 is 28.0. The van der Waals surface area contributed by atoms with E-state index in [1.54, 1.807) is 24.3 Å². The van der Waals surface area contributed by atoms with Crippen LogP contribution in [0, 0.1) is 0 Å². The molecule has 0 amide bonds. The van der Waals surface area contributed by atoms with Crippen molar-refractivity contribution in [3.63, 3.8) is 0 Å². The third-order valence-corrected chi connectivity index (χ3v) is 5.25. The molecule has 0 saturated carbocycles. The molecule has 0 radical (unpaired) electrons. The highest BCUT2D eigenvalue weighted by Gasteiger charge is 2.17. The molecule has 0 aromatic heterocycles. The number of rotatable bonds is 6. The van der Waals surface area contributed by atoms with E-state index in [9.17, 15) is 8.42 Å². The number of sulfonamides is 1. The molecule has 1 atom stereocenters. The average molecular weight is 368 g/mol. The van der Waals surface area contributed by atoms with E-state index in [2.05, 4.69) is 32.8 Å². The van der Waals surface area contributed by atoms with E-state index in [-0.39, 0.29) is 10.9 Å². The predicted molar refractivity (Wildman–Crippen MR) is 88.7 cm³/mol. The molecule has 0 spiro atoms. The molecule has 3 nitrogen and oxygen atoms in total. The Bertz CT molecular complexity index is 686. The Balaban J connectivity index is 1.97. The zero-order valence-electron chi connectivity index (χ0n) is 11.8. The Labute approximate surface area is 134 Å². The first kappa shape index (κ1) is 16.2. The van der Waals surface area contributed by atoms with Gasteiger partial charge in [0.15, 0.2) is 0 Å². The quantitative estimate of drug-likeness (QED) is 0.844. The van der Waals surface area contributed by atoms with Crippen LogP contribution in [-0.2, 0) is 16.4 Å². The summed E-state index contributed by atoms with van der Waals surface area (Å²) in [6.07, 6.45) is 1.61. The van der Waals surface area contributed by atoms with Crippen molar-refractivity contribution in [2.75, 3.05) is 0 Å². The second-order valence-electron chi connectivity index (χ2n) is 5.00. The second-order valence-corrected chi connectivity index (χ2v) is 7.63. The lowest BCUT2D eigenvalue weighted by Crippen LogP contribution is -2.32. The molecule has 112 valence electrons. The van der Waals surface area contributed by atoms with Crippen LogP contribution >= 0.6 is 15.9 Å². The molecule has 0 aliphatic heterocycles. The molecule has 2 aromatic rings. The van der Waals surface area contributed by atoms with Crippen LogP contribution in [0.1, 0.15) is 18.9 Å². The van der Waals surface area contributed by atoms with Gasteiger partial charge in [-0.2, -0.15) is 0 Å². The molecule has 5 heteroatoms. The van der Waals surface area contributed by atoms with Crippen LogP contribution in [0.4, 0.5) is 0 Å². The number of aryl methyl sites for hydroxylation is 1. The number of hydrogen-bond acceptors (Lipinski definition) is 2. The zero-order chi connectivity index (χ0) is 15.3. The van der Waals surface area contributed by atoms with Crippen LogP contribution in [0.15, 0.2) is 64.0 Å². The maximum absolute atomic E-state index is 12.3. The molecule has 21 heavy (non-hydrogen) atoms. The maximum atomic E-state index is 12.3. The first-order chi connectivity index (χ1) is 9.97. The van der Waals surface area contributed by atoms with E-state index in [1.807, 2.05) is 25.1 Å². The molecule has 0 unspecified atom stereocenters. The molecule has 0 heterocycles. The standard InChI is InChI=1S/C16H18BrNO2S/c1-13(10-11-14-6-3-2-4-7-14)18-21(19,20)16-9-5-8-15(17)12-16/h2-9,12-13,18H,10-11H2,1H3/t13-/m0/s1. The van der Waals surface area contributed by atoms with Crippen LogP contribution in [-0.4, -0.2) is 14.5 Å². The van der Waals surface area contributed by atoms with Crippen molar-refractivity contribution in [2.24, 2.45) is 0 Å². The van der Waals surface area contributed by atoms with Crippen molar-refractivity contribution in [1.82, 2.24) is 4.72 Å². The second kappa shape index (κ2) is 7.20. The largest absolute Gasteiger partial charge is 0.240 e. The third-order valence-electron chi connectivity index (χ3n) is 3.17. The van der Waals surface area contributed by atoms with E-state index in [0.717, 1.165) is 17.3 Å². The minimum atomic E-state index is -3.47. The van der Waals surface area contributed by atoms with E-state index >= 15 is 0 Å². The van der Waals surface area contributed by atoms with Crippen molar-refractivity contribution < 1.29 is 8.42 Å². The smallest absolute Gasteiger partial charge is 0.208 e. The summed E-state index contributed by atoms with van der Waals surface area (Å²) in [6.45, 7) is 1.89. The van der Waals surface area contributed by atoms with Gasteiger partial charge in [0.25, 0.3) is 0 Å². The maximum Gasteiger partial charge on any atom is 0.240 e. The van der Waals surface area contributed by atoms with E-state index in [0.29, 0.717) is 0 Å². The van der Waals surface area contributed by atoms with Gasteiger partial charge in [0.1, 0.15) is 0 Å². The molecule has 2 aromatic carbocycles. The predicted octanol–water partition coefficient (Wildman–Crippen LogP) is 3.75. The number of nitrogens with one attached hydrogen (secondary N) is 1. The fraction of sp³-hybridized carbons (Fsp3) is 0.250. The Morgan fingerprint density at radius 2 is 1.81 bits per heavy atom. The van der Waals surface area contributed by atoms with Crippen LogP contribution < -0.4 is 4.72 Å². The van der Waals surface area contributed by atoms with Gasteiger partial charge in [-0.05, 0) is 43.5 Å². The molecule has 0 aliphatic rings. The topological polar surface area (TPSA) is 46.2 Å². The highest BCUT2D eigenvalue weighted by atomic mass is 79.9. The van der Waals surface area contributed by atoms with E-state index in [4.69, 9.17) is 0 Å². The number of hydrogen-bond donors (Lipinski definition) is 1. The summed E-state index contributed by atoms with van der Waals surface area (Å²) in [5.74, 6) is 0. The molecular weight excluding hydrogens is 350 g/mol. The number of benzene rings is 2. The molecule has 2 rings (SSSR count). The van der Waals surface area contributed by atoms with Crippen molar-refractivity contribution in [1.29, 1.82) is 0 Å². The zero-order valence-corrected chi connectivity index (χ0v) is 14.2. The fourth-order valence-electron chi connectivity index (χ4n) is 2.05. The van der Waals surface area contributed by atoms with Gasteiger partial charge in [0, 0.05) is 10.5 Å². The lowest BCUT2D eigenvalue weighted by molar-refractivity contribution is 0.547. The molecule has 0 aliphatic carbocycles. The molecule has 0 bridgehead atoms. The minimum Gasteiger partial charge on any atom is -0.208 e. The first-order valence-electron chi connectivity index (χ1n) is 6.79. The molecule has 0 fully saturated rings. The Hall–Kier alpha value is -1.17. The minimum absolute atomic E-state index is 0.116. The lowest BCUT2D eigenvalue weighted by Gasteiger charge is -2.14. The summed E-state index contributed by atoms with van der Waals surface area (Å²) in [4.78, 5) is 0.281. The summed E-state index contributed by atoms with van der Waals surface area (Å²) in [6, 6.07) is 16.7. The number of halogens is 1. The normalized spacial score (nSPS) is 13.0. The van der Waals surface area contributed by atoms with Gasteiger partial charge >= 0.3 is 0 Å². The van der Waals surface area contributed by atoms with Crippen LogP contribution in [0.2, 0.25) is 0 Å². The van der Waals surface area contributed by atoms with Gasteiger partial charge in [-0.3, -0.25) is 0 Å². The summed E-state index contributed by atoms with van der Waals surface area (Å²) in [5, 5.41) is 0. The highest BCUT2D eigenvalue weighted by molar-refractivity contribution is 9.10. The SMILES string of the molecule is C[C@@H](CCc1ccccc1)NS(=O)(=O)c1cccc(Br)c1. The van der Waals surface area contributed by atoms with Crippen molar-refractivity contribution in [3.05, 3.63) is 64.6 Å². The fourth-order valence-corrected chi connectivity index (χ4v) is 3.93. The van der Waals surface area contributed by atoms with Crippen molar-refractivity contribution in [3.8, 4) is 0 Å². The molecule has 0 saturated heterocycles. The van der Waals surface area contributed by atoms with Crippen LogP contribution in [0.5, 0.6) is 0 Å². The van der Waals surface area contributed by atoms with E-state index < -0.39 is 10.0 Å². The van der Waals surface area contributed by atoms with E-state index in [1.165, 1.54) is 5.56 Å².